The van der Waals surface area contributed by atoms with Gasteiger partial charge in [-0.05, 0) is 12.1 Å². The van der Waals surface area contributed by atoms with Crippen LogP contribution < -0.4 is 0 Å². The Bertz CT molecular complexity index is 416. The van der Waals surface area contributed by atoms with Crippen molar-refractivity contribution in [2.24, 2.45) is 0 Å². The van der Waals surface area contributed by atoms with Crippen LogP contribution in [0.15, 0.2) is 33.9 Å². The lowest BCUT2D eigenvalue weighted by Crippen LogP contribution is -2.46. The molecular formula is C13H16BrNO3. The number of hydrogen-bond acceptors (Lipinski definition) is 4. The van der Waals surface area contributed by atoms with Gasteiger partial charge in [-0.1, -0.05) is 22.5 Å². The maximum absolute atomic E-state index is 12.0. The SMILES string of the molecule is C=C(Br)CN1CCOC[C@@H]1CC(=O)c1ccco1. The van der Waals surface area contributed by atoms with E-state index in [1.54, 1.807) is 12.1 Å². The molecule has 0 bridgehead atoms. The van der Waals surface area contributed by atoms with Gasteiger partial charge in [-0.25, -0.2) is 0 Å². The van der Waals surface area contributed by atoms with Crippen LogP contribution in [0, 0.1) is 0 Å². The summed E-state index contributed by atoms with van der Waals surface area (Å²) in [6.45, 7) is 6.68. The zero-order valence-electron chi connectivity index (χ0n) is 10.1. The van der Waals surface area contributed by atoms with E-state index in [4.69, 9.17) is 9.15 Å². The Morgan fingerprint density at radius 2 is 2.44 bits per heavy atom. The third-order valence-corrected chi connectivity index (χ3v) is 3.19. The van der Waals surface area contributed by atoms with E-state index in [1.807, 2.05) is 0 Å². The summed E-state index contributed by atoms with van der Waals surface area (Å²) in [5.41, 5.74) is 0. The van der Waals surface area contributed by atoms with Crippen molar-refractivity contribution in [2.75, 3.05) is 26.3 Å². The molecule has 1 aromatic rings. The van der Waals surface area contributed by atoms with Crippen LogP contribution >= 0.6 is 15.9 Å². The summed E-state index contributed by atoms with van der Waals surface area (Å²) < 4.78 is 11.5. The predicted molar refractivity (Wildman–Crippen MR) is 71.9 cm³/mol. The van der Waals surface area contributed by atoms with E-state index in [-0.39, 0.29) is 11.8 Å². The highest BCUT2D eigenvalue weighted by Gasteiger charge is 2.26. The Morgan fingerprint density at radius 3 is 3.11 bits per heavy atom. The molecule has 1 aromatic heterocycles. The number of hydrogen-bond donors (Lipinski definition) is 0. The van der Waals surface area contributed by atoms with Crippen LogP contribution in [0.2, 0.25) is 0 Å². The maximum Gasteiger partial charge on any atom is 0.199 e. The van der Waals surface area contributed by atoms with Gasteiger partial charge in [0, 0.05) is 30.0 Å². The van der Waals surface area contributed by atoms with Crippen LogP contribution in [0.1, 0.15) is 17.0 Å². The molecule has 2 heterocycles. The summed E-state index contributed by atoms with van der Waals surface area (Å²) in [6, 6.07) is 3.51. The van der Waals surface area contributed by atoms with Crippen LogP contribution in [0.25, 0.3) is 0 Å². The molecule has 1 aliphatic heterocycles. The smallest absolute Gasteiger partial charge is 0.199 e. The Kier molecular flexibility index (Phi) is 4.74. The maximum atomic E-state index is 12.0. The number of carbonyl (C=O) groups is 1. The Labute approximate surface area is 115 Å². The molecule has 0 saturated carbocycles. The van der Waals surface area contributed by atoms with Crippen molar-refractivity contribution in [2.45, 2.75) is 12.5 Å². The normalized spacial score (nSPS) is 20.8. The largest absolute Gasteiger partial charge is 0.461 e. The molecule has 1 atom stereocenters. The fourth-order valence-electron chi connectivity index (χ4n) is 2.06. The van der Waals surface area contributed by atoms with Crippen molar-refractivity contribution in [3.63, 3.8) is 0 Å². The van der Waals surface area contributed by atoms with E-state index in [2.05, 4.69) is 27.4 Å². The number of nitrogens with zero attached hydrogens (tertiary/aromatic N) is 1. The number of ketones is 1. The van der Waals surface area contributed by atoms with Gasteiger partial charge >= 0.3 is 0 Å². The lowest BCUT2D eigenvalue weighted by atomic mass is 10.1. The van der Waals surface area contributed by atoms with Crippen molar-refractivity contribution in [3.8, 4) is 0 Å². The Hall–Kier alpha value is -0.910. The first-order chi connectivity index (χ1) is 8.66. The second kappa shape index (κ2) is 6.31. The number of carbonyl (C=O) groups excluding carboxylic acids is 1. The number of halogens is 1. The number of morpholine rings is 1. The summed E-state index contributed by atoms with van der Waals surface area (Å²) in [7, 11) is 0. The summed E-state index contributed by atoms with van der Waals surface area (Å²) in [4.78, 5) is 14.2. The summed E-state index contributed by atoms with van der Waals surface area (Å²) >= 11 is 3.36. The van der Waals surface area contributed by atoms with Crippen molar-refractivity contribution < 1.29 is 13.9 Å². The molecule has 1 aliphatic rings. The first-order valence-electron chi connectivity index (χ1n) is 5.88. The van der Waals surface area contributed by atoms with E-state index in [1.165, 1.54) is 6.26 Å². The molecular weight excluding hydrogens is 298 g/mol. The van der Waals surface area contributed by atoms with Gasteiger partial charge in [0.15, 0.2) is 11.5 Å². The van der Waals surface area contributed by atoms with Crippen LogP contribution in [0.4, 0.5) is 0 Å². The monoisotopic (exact) mass is 313 g/mol. The van der Waals surface area contributed by atoms with E-state index in [9.17, 15) is 4.79 Å². The molecule has 0 amide bonds. The van der Waals surface area contributed by atoms with E-state index in [0.717, 1.165) is 17.6 Å². The van der Waals surface area contributed by atoms with Crippen LogP contribution in [-0.2, 0) is 4.74 Å². The minimum absolute atomic E-state index is 0.0145. The zero-order chi connectivity index (χ0) is 13.0. The van der Waals surface area contributed by atoms with Crippen molar-refractivity contribution in [1.82, 2.24) is 4.90 Å². The van der Waals surface area contributed by atoms with Gasteiger partial charge in [-0.15, -0.1) is 0 Å². The molecule has 0 aromatic carbocycles. The van der Waals surface area contributed by atoms with Gasteiger partial charge in [0.2, 0.25) is 0 Å². The molecule has 4 nitrogen and oxygen atoms in total. The molecule has 1 fully saturated rings. The molecule has 0 spiro atoms. The van der Waals surface area contributed by atoms with Crippen LogP contribution in [0.5, 0.6) is 0 Å². The zero-order valence-corrected chi connectivity index (χ0v) is 11.7. The Morgan fingerprint density at radius 1 is 1.61 bits per heavy atom. The second-order valence-electron chi connectivity index (χ2n) is 4.32. The lowest BCUT2D eigenvalue weighted by molar-refractivity contribution is -0.00351. The van der Waals surface area contributed by atoms with Crippen molar-refractivity contribution in [3.05, 3.63) is 35.2 Å². The van der Waals surface area contributed by atoms with Gasteiger partial charge < -0.3 is 9.15 Å². The predicted octanol–water partition coefficient (Wildman–Crippen LogP) is 2.46. The van der Waals surface area contributed by atoms with Crippen molar-refractivity contribution in [1.29, 1.82) is 0 Å². The fraction of sp³-hybridized carbons (Fsp3) is 0.462. The van der Waals surface area contributed by atoms with E-state index in [0.29, 0.717) is 25.4 Å². The molecule has 0 radical (unpaired) electrons. The number of furan rings is 1. The summed E-state index contributed by atoms with van der Waals surface area (Å²) in [6.07, 6.45) is 1.93. The lowest BCUT2D eigenvalue weighted by Gasteiger charge is -2.34. The molecule has 98 valence electrons. The first kappa shape index (κ1) is 13.5. The quantitative estimate of drug-likeness (QED) is 0.783. The van der Waals surface area contributed by atoms with Gasteiger partial charge in [0.1, 0.15) is 0 Å². The third-order valence-electron chi connectivity index (χ3n) is 2.94. The average Bonchev–Trinajstić information content (AvgIpc) is 2.84. The minimum atomic E-state index is 0.0145. The molecule has 1 saturated heterocycles. The van der Waals surface area contributed by atoms with Crippen LogP contribution in [0.3, 0.4) is 0 Å². The second-order valence-corrected chi connectivity index (χ2v) is 5.44. The molecule has 2 rings (SSSR count). The summed E-state index contributed by atoms with van der Waals surface area (Å²) in [5.74, 6) is 0.430. The highest BCUT2D eigenvalue weighted by atomic mass is 79.9. The van der Waals surface area contributed by atoms with Gasteiger partial charge in [0.05, 0.1) is 19.5 Å². The minimum Gasteiger partial charge on any atom is -0.461 e. The van der Waals surface area contributed by atoms with Gasteiger partial charge in [-0.3, -0.25) is 9.69 Å². The average molecular weight is 314 g/mol. The van der Waals surface area contributed by atoms with E-state index >= 15 is 0 Å². The van der Waals surface area contributed by atoms with E-state index < -0.39 is 0 Å². The van der Waals surface area contributed by atoms with Gasteiger partial charge in [-0.2, -0.15) is 0 Å². The molecule has 0 N–H and O–H groups in total. The number of Topliss-reactive ketones (excluding diaryl/α,β-unsaturated/α-hetero) is 1. The highest BCUT2D eigenvalue weighted by Crippen LogP contribution is 2.17. The van der Waals surface area contributed by atoms with Crippen LogP contribution in [-0.4, -0.2) is 43.0 Å². The van der Waals surface area contributed by atoms with Gasteiger partial charge in [0.25, 0.3) is 0 Å². The highest BCUT2D eigenvalue weighted by molar-refractivity contribution is 9.11. The molecule has 0 aliphatic carbocycles. The molecule has 5 heteroatoms. The molecule has 0 unspecified atom stereocenters. The molecule has 18 heavy (non-hydrogen) atoms. The Balaban J connectivity index is 1.97. The number of ether oxygens (including phenoxy) is 1. The standard InChI is InChI=1S/C13H16BrNO3/c1-10(14)8-15-4-6-17-9-11(15)7-12(16)13-3-2-5-18-13/h2-3,5,11H,1,4,6-9H2/t11-/m0/s1. The topological polar surface area (TPSA) is 42.7 Å². The third kappa shape index (κ3) is 3.54. The van der Waals surface area contributed by atoms with Crippen molar-refractivity contribution >= 4 is 21.7 Å². The summed E-state index contributed by atoms with van der Waals surface area (Å²) in [5, 5.41) is 0. The number of rotatable bonds is 5. The fourth-order valence-corrected chi connectivity index (χ4v) is 2.38. The first-order valence-corrected chi connectivity index (χ1v) is 6.68.